The molecular formula is C20H19FN2O6. The summed E-state index contributed by atoms with van der Waals surface area (Å²) in [4.78, 5) is 26.3. The van der Waals surface area contributed by atoms with Crippen molar-refractivity contribution in [3.63, 3.8) is 0 Å². The van der Waals surface area contributed by atoms with E-state index in [-0.39, 0.29) is 25.5 Å². The molecule has 0 aromatic heterocycles. The van der Waals surface area contributed by atoms with Gasteiger partial charge in [0.05, 0.1) is 13.7 Å². The minimum atomic E-state index is -0.842. The van der Waals surface area contributed by atoms with E-state index < -0.39 is 30.0 Å². The van der Waals surface area contributed by atoms with Gasteiger partial charge in [0.25, 0.3) is 0 Å². The summed E-state index contributed by atoms with van der Waals surface area (Å²) in [6, 6.07) is 9.63. The Balaban J connectivity index is 1.48. The Morgan fingerprint density at radius 2 is 1.97 bits per heavy atom. The topological polar surface area (TPSA) is 86.3 Å². The molecule has 2 heterocycles. The molecule has 152 valence electrons. The minimum absolute atomic E-state index is 0.0687. The van der Waals surface area contributed by atoms with Crippen LogP contribution in [-0.4, -0.2) is 49.5 Å². The van der Waals surface area contributed by atoms with Gasteiger partial charge in [-0.3, -0.25) is 0 Å². The molecule has 2 atom stereocenters. The van der Waals surface area contributed by atoms with Gasteiger partial charge in [-0.15, -0.1) is 0 Å². The van der Waals surface area contributed by atoms with Crippen LogP contribution < -0.4 is 19.5 Å². The number of nitrogens with one attached hydrogen (secondary N) is 1. The molecule has 0 bridgehead atoms. The number of halogens is 1. The second-order valence-electron chi connectivity index (χ2n) is 6.60. The Morgan fingerprint density at radius 1 is 1.17 bits per heavy atom. The minimum Gasteiger partial charge on any atom is -0.485 e. The number of methoxy groups -OCH3 is 1. The van der Waals surface area contributed by atoms with Crippen LogP contribution in [0.5, 0.6) is 17.2 Å². The van der Waals surface area contributed by atoms with Crippen molar-refractivity contribution in [3.05, 3.63) is 48.3 Å². The molecule has 1 saturated heterocycles. The second-order valence-corrected chi connectivity index (χ2v) is 6.60. The highest BCUT2D eigenvalue weighted by Crippen LogP contribution is 2.34. The van der Waals surface area contributed by atoms with E-state index in [0.29, 0.717) is 17.2 Å². The number of ether oxygens (including phenoxy) is 4. The van der Waals surface area contributed by atoms with Crippen LogP contribution >= 0.6 is 0 Å². The third kappa shape index (κ3) is 3.89. The zero-order valence-electron chi connectivity index (χ0n) is 15.6. The summed E-state index contributed by atoms with van der Waals surface area (Å²) in [6.45, 7) is 0.225. The van der Waals surface area contributed by atoms with Gasteiger partial charge in [0.15, 0.2) is 23.1 Å². The van der Waals surface area contributed by atoms with Crippen molar-refractivity contribution in [2.24, 2.45) is 0 Å². The van der Waals surface area contributed by atoms with Gasteiger partial charge in [-0.1, -0.05) is 12.1 Å². The Morgan fingerprint density at radius 3 is 2.76 bits per heavy atom. The lowest BCUT2D eigenvalue weighted by Gasteiger charge is -2.22. The standard InChI is InChI=1S/C20H19FN2O6/c1-26-19(24)15-9-13(29-16-5-3-2-4-14(16)21)10-23(15)20(25)22-12-6-7-17-18(8-12)28-11-27-17/h2-8,13,15H,9-11H2,1H3,(H,22,25)/t13-,15+/m1/s1. The number of hydrogen-bond donors (Lipinski definition) is 1. The largest absolute Gasteiger partial charge is 0.485 e. The average Bonchev–Trinajstić information content (AvgIpc) is 3.35. The van der Waals surface area contributed by atoms with E-state index in [4.69, 9.17) is 18.9 Å². The third-order valence-electron chi connectivity index (χ3n) is 4.75. The number of anilines is 1. The lowest BCUT2D eigenvalue weighted by Crippen LogP contribution is -2.43. The molecule has 29 heavy (non-hydrogen) atoms. The molecule has 2 amide bonds. The van der Waals surface area contributed by atoms with Crippen molar-refractivity contribution >= 4 is 17.7 Å². The SMILES string of the molecule is COC(=O)[C@@H]1C[C@@H](Oc2ccccc2F)CN1C(=O)Nc1ccc2c(c1)OCO2. The Bertz CT molecular complexity index is 937. The van der Waals surface area contributed by atoms with E-state index >= 15 is 0 Å². The summed E-state index contributed by atoms with van der Waals surface area (Å²) >= 11 is 0. The van der Waals surface area contributed by atoms with E-state index in [1.807, 2.05) is 0 Å². The molecule has 0 saturated carbocycles. The number of likely N-dealkylation sites (tertiary alicyclic amines) is 1. The highest BCUT2D eigenvalue weighted by molar-refractivity contribution is 5.93. The quantitative estimate of drug-likeness (QED) is 0.792. The Labute approximate surface area is 166 Å². The number of fused-ring (bicyclic) bond motifs is 1. The molecule has 2 aromatic rings. The van der Waals surface area contributed by atoms with Gasteiger partial charge in [0.2, 0.25) is 6.79 Å². The van der Waals surface area contributed by atoms with Crippen LogP contribution in [0.4, 0.5) is 14.9 Å². The molecule has 8 nitrogen and oxygen atoms in total. The van der Waals surface area contributed by atoms with Crippen molar-refractivity contribution < 1.29 is 32.9 Å². The number of para-hydroxylation sites is 1. The third-order valence-corrected chi connectivity index (χ3v) is 4.75. The van der Waals surface area contributed by atoms with Gasteiger partial charge < -0.3 is 29.2 Å². The molecule has 2 aliphatic heterocycles. The molecule has 0 spiro atoms. The van der Waals surface area contributed by atoms with Gasteiger partial charge in [0.1, 0.15) is 12.1 Å². The van der Waals surface area contributed by atoms with Crippen LogP contribution in [0.3, 0.4) is 0 Å². The first-order valence-corrected chi connectivity index (χ1v) is 9.01. The molecule has 0 radical (unpaired) electrons. The highest BCUT2D eigenvalue weighted by Gasteiger charge is 2.42. The van der Waals surface area contributed by atoms with Gasteiger partial charge in [0, 0.05) is 18.2 Å². The second kappa shape index (κ2) is 7.86. The molecule has 2 aliphatic rings. The number of amides is 2. The van der Waals surface area contributed by atoms with Crippen molar-refractivity contribution in [1.29, 1.82) is 0 Å². The maximum atomic E-state index is 13.9. The first-order chi connectivity index (χ1) is 14.0. The molecule has 4 rings (SSSR count). The average molecular weight is 402 g/mol. The smallest absolute Gasteiger partial charge is 0.328 e. The van der Waals surface area contributed by atoms with E-state index in [2.05, 4.69) is 5.32 Å². The summed E-state index contributed by atoms with van der Waals surface area (Å²) in [5, 5.41) is 2.73. The maximum absolute atomic E-state index is 13.9. The summed E-state index contributed by atoms with van der Waals surface area (Å²) in [5.41, 5.74) is 0.487. The van der Waals surface area contributed by atoms with Gasteiger partial charge >= 0.3 is 12.0 Å². The Hall–Kier alpha value is -3.49. The van der Waals surface area contributed by atoms with Crippen molar-refractivity contribution in [2.45, 2.75) is 18.6 Å². The van der Waals surface area contributed by atoms with Crippen LogP contribution in [0, 0.1) is 5.82 Å². The zero-order chi connectivity index (χ0) is 20.4. The normalized spacial score (nSPS) is 19.7. The number of benzene rings is 2. The highest BCUT2D eigenvalue weighted by atomic mass is 19.1. The number of nitrogens with zero attached hydrogens (tertiary/aromatic N) is 1. The van der Waals surface area contributed by atoms with Crippen LogP contribution in [0.25, 0.3) is 0 Å². The van der Waals surface area contributed by atoms with Gasteiger partial charge in [-0.2, -0.15) is 0 Å². The number of carbonyl (C=O) groups is 2. The lowest BCUT2D eigenvalue weighted by atomic mass is 10.2. The maximum Gasteiger partial charge on any atom is 0.328 e. The summed E-state index contributed by atoms with van der Waals surface area (Å²) in [7, 11) is 1.25. The van der Waals surface area contributed by atoms with Crippen LogP contribution in [0.1, 0.15) is 6.42 Å². The van der Waals surface area contributed by atoms with Crippen molar-refractivity contribution in [2.75, 3.05) is 25.8 Å². The van der Waals surface area contributed by atoms with E-state index in [0.717, 1.165) is 0 Å². The van der Waals surface area contributed by atoms with E-state index in [1.165, 1.54) is 24.1 Å². The Kier molecular flexibility index (Phi) is 5.11. The van der Waals surface area contributed by atoms with Crippen molar-refractivity contribution in [1.82, 2.24) is 4.90 Å². The fourth-order valence-electron chi connectivity index (χ4n) is 3.36. The summed E-state index contributed by atoms with van der Waals surface area (Å²) in [5.74, 6) is 0.111. The molecule has 0 unspecified atom stereocenters. The summed E-state index contributed by atoms with van der Waals surface area (Å²) < 4.78 is 34.9. The van der Waals surface area contributed by atoms with Gasteiger partial charge in [-0.05, 0) is 24.3 Å². The number of rotatable bonds is 4. The fraction of sp³-hybridized carbons (Fsp3) is 0.300. The fourth-order valence-corrected chi connectivity index (χ4v) is 3.36. The van der Waals surface area contributed by atoms with E-state index in [9.17, 15) is 14.0 Å². The predicted octanol–water partition coefficient (Wildman–Crippen LogP) is 2.78. The van der Waals surface area contributed by atoms with Crippen LogP contribution in [0.2, 0.25) is 0 Å². The molecule has 1 fully saturated rings. The van der Waals surface area contributed by atoms with Gasteiger partial charge in [-0.25, -0.2) is 14.0 Å². The zero-order valence-corrected chi connectivity index (χ0v) is 15.6. The first kappa shape index (κ1) is 18.9. The number of urea groups is 1. The number of esters is 1. The monoisotopic (exact) mass is 402 g/mol. The summed E-state index contributed by atoms with van der Waals surface area (Å²) in [6.07, 6.45) is -0.367. The van der Waals surface area contributed by atoms with E-state index in [1.54, 1.807) is 30.3 Å². The molecule has 0 aliphatic carbocycles. The molecular weight excluding hydrogens is 383 g/mol. The molecule has 2 aromatic carbocycles. The number of carbonyl (C=O) groups excluding carboxylic acids is 2. The van der Waals surface area contributed by atoms with Crippen molar-refractivity contribution in [3.8, 4) is 17.2 Å². The van der Waals surface area contributed by atoms with Crippen LogP contribution in [-0.2, 0) is 9.53 Å². The van der Waals surface area contributed by atoms with Crippen LogP contribution in [0.15, 0.2) is 42.5 Å². The first-order valence-electron chi connectivity index (χ1n) is 9.01. The molecule has 1 N–H and O–H groups in total. The number of hydrogen-bond acceptors (Lipinski definition) is 6. The predicted molar refractivity (Wildman–Crippen MR) is 99.5 cm³/mol. The molecule has 9 heteroatoms. The lowest BCUT2D eigenvalue weighted by molar-refractivity contribution is -0.144.